The molecule has 2 aromatic rings. The van der Waals surface area contributed by atoms with E-state index in [4.69, 9.17) is 11.6 Å². The second-order valence-corrected chi connectivity index (χ2v) is 5.07. The number of pyridine rings is 1. The number of nitrogens with zero attached hydrogens (tertiary/aromatic N) is 3. The van der Waals surface area contributed by atoms with Crippen LogP contribution in [0.2, 0.25) is 5.02 Å². The van der Waals surface area contributed by atoms with Gasteiger partial charge in [0.05, 0.1) is 23.1 Å². The third-order valence-electron chi connectivity index (χ3n) is 2.55. The van der Waals surface area contributed by atoms with Crippen LogP contribution in [0.5, 0.6) is 0 Å². The lowest BCUT2D eigenvalue weighted by molar-refractivity contribution is 0.551. The van der Waals surface area contributed by atoms with Gasteiger partial charge >= 0.3 is 0 Å². The van der Waals surface area contributed by atoms with Crippen LogP contribution in [0.3, 0.4) is 0 Å². The van der Waals surface area contributed by atoms with E-state index in [-0.39, 0.29) is 0 Å². The summed E-state index contributed by atoms with van der Waals surface area (Å²) in [4.78, 5) is 4.14. The molecule has 4 nitrogen and oxygen atoms in total. The fourth-order valence-corrected chi connectivity index (χ4v) is 1.83. The van der Waals surface area contributed by atoms with Crippen molar-refractivity contribution in [2.45, 2.75) is 20.4 Å². The largest absolute Gasteiger partial charge is 0.312 e. The van der Waals surface area contributed by atoms with Crippen molar-refractivity contribution in [2.75, 3.05) is 6.54 Å². The van der Waals surface area contributed by atoms with Crippen molar-refractivity contribution in [2.24, 2.45) is 5.92 Å². The molecule has 0 unspecified atom stereocenters. The average molecular weight is 265 g/mol. The normalized spacial score (nSPS) is 11.1. The predicted octanol–water partition coefficient (Wildman–Crippen LogP) is 2.67. The summed E-state index contributed by atoms with van der Waals surface area (Å²) in [5, 5.41) is 8.25. The van der Waals surface area contributed by atoms with E-state index in [1.807, 2.05) is 6.07 Å². The van der Waals surface area contributed by atoms with E-state index in [1.54, 1.807) is 29.5 Å². The van der Waals surface area contributed by atoms with Gasteiger partial charge in [-0.15, -0.1) is 0 Å². The first kappa shape index (κ1) is 13.1. The highest BCUT2D eigenvalue weighted by Gasteiger charge is 2.06. The molecule has 1 N–H and O–H groups in total. The van der Waals surface area contributed by atoms with Gasteiger partial charge in [0, 0.05) is 18.9 Å². The van der Waals surface area contributed by atoms with E-state index >= 15 is 0 Å². The molecule has 0 spiro atoms. The quantitative estimate of drug-likeness (QED) is 0.903. The third-order valence-corrected chi connectivity index (χ3v) is 2.75. The van der Waals surface area contributed by atoms with Crippen LogP contribution in [0.15, 0.2) is 30.9 Å². The molecule has 2 heterocycles. The lowest BCUT2D eigenvalue weighted by atomic mass is 10.2. The Bertz CT molecular complexity index is 507. The van der Waals surface area contributed by atoms with Crippen LogP contribution in [0.1, 0.15) is 19.4 Å². The Morgan fingerprint density at radius 2 is 2.22 bits per heavy atom. The highest BCUT2D eigenvalue weighted by atomic mass is 35.5. The molecule has 0 aromatic carbocycles. The highest BCUT2D eigenvalue weighted by molar-refractivity contribution is 6.30. The summed E-state index contributed by atoms with van der Waals surface area (Å²) in [6, 6.07) is 2.00. The van der Waals surface area contributed by atoms with Gasteiger partial charge in [0.25, 0.3) is 0 Å². The molecular formula is C13H17ClN4. The first-order valence-electron chi connectivity index (χ1n) is 6.01. The first-order chi connectivity index (χ1) is 8.66. The summed E-state index contributed by atoms with van der Waals surface area (Å²) in [5.74, 6) is 0.634. The molecule has 0 radical (unpaired) electrons. The fraction of sp³-hybridized carbons (Fsp3) is 0.385. The second-order valence-electron chi connectivity index (χ2n) is 4.63. The van der Waals surface area contributed by atoms with E-state index in [1.165, 1.54) is 0 Å². The van der Waals surface area contributed by atoms with Crippen molar-refractivity contribution in [3.63, 3.8) is 0 Å². The van der Waals surface area contributed by atoms with Crippen molar-refractivity contribution in [1.29, 1.82) is 0 Å². The summed E-state index contributed by atoms with van der Waals surface area (Å²) in [6.07, 6.45) is 7.00. The fourth-order valence-electron chi connectivity index (χ4n) is 1.70. The predicted molar refractivity (Wildman–Crippen MR) is 72.9 cm³/mol. The Hall–Kier alpha value is -1.39. The number of hydrogen-bond donors (Lipinski definition) is 1. The van der Waals surface area contributed by atoms with Crippen LogP contribution >= 0.6 is 11.6 Å². The topological polar surface area (TPSA) is 42.7 Å². The van der Waals surface area contributed by atoms with Gasteiger partial charge in [0.2, 0.25) is 0 Å². The molecule has 0 fully saturated rings. The molecule has 0 aliphatic rings. The number of hydrogen-bond acceptors (Lipinski definition) is 3. The third kappa shape index (κ3) is 3.31. The molecule has 0 aliphatic carbocycles. The molecule has 0 bridgehead atoms. The van der Waals surface area contributed by atoms with Gasteiger partial charge in [0.15, 0.2) is 0 Å². The summed E-state index contributed by atoms with van der Waals surface area (Å²) in [5.41, 5.74) is 2.12. The number of rotatable bonds is 5. The van der Waals surface area contributed by atoms with Crippen LogP contribution in [0.25, 0.3) is 5.69 Å². The maximum Gasteiger partial charge on any atom is 0.0874 e. The van der Waals surface area contributed by atoms with Crippen molar-refractivity contribution in [3.05, 3.63) is 41.4 Å². The van der Waals surface area contributed by atoms with Crippen molar-refractivity contribution in [3.8, 4) is 5.69 Å². The number of halogens is 1. The van der Waals surface area contributed by atoms with Crippen molar-refractivity contribution in [1.82, 2.24) is 20.1 Å². The Labute approximate surface area is 112 Å². The van der Waals surface area contributed by atoms with Gasteiger partial charge in [-0.3, -0.25) is 4.98 Å². The summed E-state index contributed by atoms with van der Waals surface area (Å²) in [6.45, 7) is 6.16. The van der Waals surface area contributed by atoms with Gasteiger partial charge < -0.3 is 5.32 Å². The van der Waals surface area contributed by atoms with Crippen LogP contribution < -0.4 is 5.32 Å². The lowest BCUT2D eigenvalue weighted by Crippen LogP contribution is -2.20. The van der Waals surface area contributed by atoms with E-state index in [2.05, 4.69) is 29.2 Å². The minimum absolute atomic E-state index is 0.625. The molecule has 2 aromatic heterocycles. The highest BCUT2D eigenvalue weighted by Crippen LogP contribution is 2.15. The van der Waals surface area contributed by atoms with E-state index < -0.39 is 0 Å². The first-order valence-corrected chi connectivity index (χ1v) is 6.38. The summed E-state index contributed by atoms with van der Waals surface area (Å²) >= 11 is 5.89. The van der Waals surface area contributed by atoms with E-state index in [9.17, 15) is 0 Å². The minimum Gasteiger partial charge on any atom is -0.312 e. The van der Waals surface area contributed by atoms with Gasteiger partial charge in [-0.2, -0.15) is 5.10 Å². The van der Waals surface area contributed by atoms with Gasteiger partial charge in [0.1, 0.15) is 0 Å². The van der Waals surface area contributed by atoms with E-state index in [0.29, 0.717) is 10.9 Å². The second kappa shape index (κ2) is 5.98. The van der Waals surface area contributed by atoms with Gasteiger partial charge in [-0.25, -0.2) is 4.68 Å². The molecule has 5 heteroatoms. The number of aromatic nitrogens is 3. The number of nitrogens with one attached hydrogen (secondary N) is 1. The molecular weight excluding hydrogens is 248 g/mol. The standard InChI is InChI=1S/C13H17ClN4/c1-10(2)5-16-6-11-3-4-15-8-13(11)18-9-12(14)7-17-18/h3-4,7-10,16H,5-6H2,1-2H3. The zero-order valence-corrected chi connectivity index (χ0v) is 11.4. The Morgan fingerprint density at radius 1 is 1.39 bits per heavy atom. The van der Waals surface area contributed by atoms with Gasteiger partial charge in [-0.05, 0) is 24.1 Å². The smallest absolute Gasteiger partial charge is 0.0874 e. The Morgan fingerprint density at radius 3 is 2.89 bits per heavy atom. The maximum atomic E-state index is 5.89. The SMILES string of the molecule is CC(C)CNCc1ccncc1-n1cc(Cl)cn1. The van der Waals surface area contributed by atoms with Gasteiger partial charge in [-0.1, -0.05) is 25.4 Å². The summed E-state index contributed by atoms with van der Waals surface area (Å²) in [7, 11) is 0. The van der Waals surface area contributed by atoms with Crippen LogP contribution in [-0.2, 0) is 6.54 Å². The maximum absolute atomic E-state index is 5.89. The van der Waals surface area contributed by atoms with Crippen molar-refractivity contribution >= 4 is 11.6 Å². The molecule has 0 aliphatic heterocycles. The molecule has 96 valence electrons. The van der Waals surface area contributed by atoms with E-state index in [0.717, 1.165) is 24.3 Å². The molecule has 0 atom stereocenters. The zero-order chi connectivity index (χ0) is 13.0. The molecule has 0 saturated heterocycles. The molecule has 2 rings (SSSR count). The molecule has 0 amide bonds. The van der Waals surface area contributed by atoms with Crippen molar-refractivity contribution < 1.29 is 0 Å². The van der Waals surface area contributed by atoms with Crippen LogP contribution in [0.4, 0.5) is 0 Å². The zero-order valence-electron chi connectivity index (χ0n) is 10.6. The minimum atomic E-state index is 0.625. The monoisotopic (exact) mass is 264 g/mol. The average Bonchev–Trinajstić information content (AvgIpc) is 2.76. The van der Waals surface area contributed by atoms with Crippen LogP contribution in [0, 0.1) is 5.92 Å². The summed E-state index contributed by atoms with van der Waals surface area (Å²) < 4.78 is 1.75. The lowest BCUT2D eigenvalue weighted by Gasteiger charge is -2.11. The Kier molecular flexibility index (Phi) is 4.33. The molecule has 0 saturated carbocycles. The molecule has 18 heavy (non-hydrogen) atoms. The Balaban J connectivity index is 2.15. The van der Waals surface area contributed by atoms with Crippen LogP contribution in [-0.4, -0.2) is 21.3 Å².